The number of likely N-dealkylation sites (N-methyl/N-ethyl adjacent to an activating group) is 1. The highest BCUT2D eigenvalue weighted by molar-refractivity contribution is 7.45. The van der Waals surface area contributed by atoms with Crippen LogP contribution >= 0.6 is 7.82 Å². The van der Waals surface area contributed by atoms with Crippen LogP contribution in [0.5, 0.6) is 0 Å². The summed E-state index contributed by atoms with van der Waals surface area (Å²) in [5, 5.41) is 2.96. The fourth-order valence-electron chi connectivity index (χ4n) is 7.24. The van der Waals surface area contributed by atoms with Crippen molar-refractivity contribution in [2.24, 2.45) is 0 Å². The zero-order chi connectivity index (χ0) is 50.8. The number of phosphoric acid groups is 1. The van der Waals surface area contributed by atoms with Crippen molar-refractivity contribution < 1.29 is 37.3 Å². The maximum absolute atomic E-state index is 13.4. The van der Waals surface area contributed by atoms with E-state index in [-0.39, 0.29) is 31.3 Å². The van der Waals surface area contributed by atoms with Gasteiger partial charge in [-0.15, -0.1) is 0 Å². The molecule has 1 N–H and O–H groups in total. The number of esters is 1. The average Bonchev–Trinajstić information content (AvgIpc) is 3.31. The van der Waals surface area contributed by atoms with Gasteiger partial charge in [-0.2, -0.15) is 0 Å². The Morgan fingerprint density at radius 3 is 1.42 bits per heavy atom. The summed E-state index contributed by atoms with van der Waals surface area (Å²) in [5.74, 6) is -0.666. The third kappa shape index (κ3) is 49.7. The highest BCUT2D eigenvalue weighted by Crippen LogP contribution is 2.38. The van der Waals surface area contributed by atoms with Gasteiger partial charge in [-0.05, 0) is 96.0 Å². The van der Waals surface area contributed by atoms with Gasteiger partial charge in [-0.3, -0.25) is 14.2 Å². The van der Waals surface area contributed by atoms with E-state index in [1.165, 1.54) is 83.5 Å². The van der Waals surface area contributed by atoms with Crippen molar-refractivity contribution in [2.45, 2.75) is 226 Å². The van der Waals surface area contributed by atoms with Gasteiger partial charge in [0.25, 0.3) is 7.82 Å². The summed E-state index contributed by atoms with van der Waals surface area (Å²) in [7, 11) is 1.12. The molecule has 396 valence electrons. The van der Waals surface area contributed by atoms with E-state index in [1.54, 1.807) is 6.08 Å². The Labute approximate surface area is 424 Å². The number of nitrogens with zero attached hydrogens (tertiary/aromatic N) is 1. The van der Waals surface area contributed by atoms with Crippen LogP contribution in [0.1, 0.15) is 213 Å². The number of rotatable bonds is 48. The van der Waals surface area contributed by atoms with Gasteiger partial charge in [0.15, 0.2) is 0 Å². The third-order valence-corrected chi connectivity index (χ3v) is 12.5. The molecule has 0 aromatic heterocycles. The van der Waals surface area contributed by atoms with E-state index >= 15 is 0 Å². The van der Waals surface area contributed by atoms with E-state index in [4.69, 9.17) is 13.8 Å². The average molecular weight is 983 g/mol. The fraction of sp³-hybridized carbons (Fsp3) is 0.695. The molecule has 0 rings (SSSR count). The molecule has 0 aromatic carbocycles. The number of ether oxygens (including phenoxy) is 1. The molecule has 3 unspecified atom stereocenters. The smallest absolute Gasteiger partial charge is 0.306 e. The first kappa shape index (κ1) is 65.9. The van der Waals surface area contributed by atoms with Gasteiger partial charge in [-0.25, -0.2) is 0 Å². The van der Waals surface area contributed by atoms with E-state index in [1.807, 2.05) is 33.3 Å². The Hall–Kier alpha value is -3.07. The number of phosphoric ester groups is 1. The Balaban J connectivity index is 5.47. The normalized spacial score (nSPS) is 14.6. The Morgan fingerprint density at radius 2 is 0.942 bits per heavy atom. The highest BCUT2D eigenvalue weighted by Gasteiger charge is 2.27. The maximum Gasteiger partial charge on any atom is 0.306 e. The van der Waals surface area contributed by atoms with Crippen LogP contribution in [0.4, 0.5) is 0 Å². The van der Waals surface area contributed by atoms with Crippen LogP contribution in [-0.2, 0) is 27.9 Å². The molecule has 69 heavy (non-hydrogen) atoms. The number of unbranched alkanes of at least 4 members (excludes halogenated alkanes) is 18. The largest absolute Gasteiger partial charge is 0.756 e. The second kappa shape index (κ2) is 48.6. The minimum absolute atomic E-state index is 0.0417. The molecule has 1 amide bonds. The van der Waals surface area contributed by atoms with E-state index in [2.05, 4.69) is 105 Å². The zero-order valence-electron chi connectivity index (χ0n) is 45.0. The SMILES string of the molecule is CC/C=C\C/C=C\C/C=C\C/C=C\C/C=C\CCCCCC(=O)OC(/C=C\CCCCCCCCCCC)C(COP(=O)([O-])OCC[N+](C)(C)C)NC(=O)CC/C=C/C/C=C\CCCCCCCC. The second-order valence-electron chi connectivity index (χ2n) is 19.3. The van der Waals surface area contributed by atoms with E-state index in [0.29, 0.717) is 23.9 Å². The molecular weight excluding hydrogens is 880 g/mol. The summed E-state index contributed by atoms with van der Waals surface area (Å²) in [6.45, 7) is 6.62. The standard InChI is InChI=1S/C59H103N2O7P/c1-7-10-13-16-19-22-25-27-28-29-30-31-32-34-37-40-43-46-49-52-59(63)68-57(50-47-44-41-38-35-24-21-18-15-12-9-3)56(55-67-69(64,65)66-54-53-61(4,5)6)60-58(62)51-48-45-42-39-36-33-26-23-20-17-14-11-8-2/h10,13,19,22,27-28,30-31,33-34,36-37,42,45,47,50,56-57H,7-9,11-12,14-18,20-21,23-26,29,32,35,38-41,43-44,46,48-49,51-55H2,1-6H3,(H-,60,62,64,65)/b13-10-,22-19-,28-27-,31-30-,36-33-,37-34-,45-42+,50-47-. The lowest BCUT2D eigenvalue weighted by Gasteiger charge is -2.30. The molecule has 0 radical (unpaired) electrons. The number of carbonyl (C=O) groups excluding carboxylic acids is 2. The van der Waals surface area contributed by atoms with Crippen molar-refractivity contribution >= 4 is 19.7 Å². The molecule has 0 aliphatic heterocycles. The molecule has 0 spiro atoms. The van der Waals surface area contributed by atoms with Crippen molar-refractivity contribution in [1.29, 1.82) is 0 Å². The molecule has 0 saturated carbocycles. The first-order valence-electron chi connectivity index (χ1n) is 27.5. The summed E-state index contributed by atoms with van der Waals surface area (Å²) in [4.78, 5) is 39.7. The van der Waals surface area contributed by atoms with Gasteiger partial charge in [0.05, 0.1) is 33.8 Å². The van der Waals surface area contributed by atoms with Crippen molar-refractivity contribution in [3.05, 3.63) is 97.2 Å². The molecule has 0 aliphatic carbocycles. The predicted octanol–water partition coefficient (Wildman–Crippen LogP) is 15.8. The quantitative estimate of drug-likeness (QED) is 0.0212. The lowest BCUT2D eigenvalue weighted by Crippen LogP contribution is -2.47. The third-order valence-electron chi connectivity index (χ3n) is 11.5. The Morgan fingerprint density at radius 1 is 0.522 bits per heavy atom. The van der Waals surface area contributed by atoms with Crippen molar-refractivity contribution in [2.75, 3.05) is 40.9 Å². The van der Waals surface area contributed by atoms with E-state index in [9.17, 15) is 19.0 Å². The first-order chi connectivity index (χ1) is 33.4. The lowest BCUT2D eigenvalue weighted by atomic mass is 10.1. The minimum Gasteiger partial charge on any atom is -0.756 e. The van der Waals surface area contributed by atoms with Gasteiger partial charge < -0.3 is 28.5 Å². The minimum atomic E-state index is -4.72. The van der Waals surface area contributed by atoms with Crippen molar-refractivity contribution in [3.63, 3.8) is 0 Å². The number of hydrogen-bond acceptors (Lipinski definition) is 7. The summed E-state index contributed by atoms with van der Waals surface area (Å²) in [6, 6.07) is -0.936. The van der Waals surface area contributed by atoms with E-state index in [0.717, 1.165) is 83.5 Å². The maximum atomic E-state index is 13.4. The van der Waals surface area contributed by atoms with Crippen molar-refractivity contribution in [3.8, 4) is 0 Å². The summed E-state index contributed by atoms with van der Waals surface area (Å²) in [6.07, 6.45) is 63.9. The van der Waals surface area contributed by atoms with Gasteiger partial charge in [-0.1, -0.05) is 202 Å². The van der Waals surface area contributed by atoms with Crippen LogP contribution in [0.2, 0.25) is 0 Å². The monoisotopic (exact) mass is 983 g/mol. The summed E-state index contributed by atoms with van der Waals surface area (Å²) in [5.41, 5.74) is 0. The van der Waals surface area contributed by atoms with Crippen LogP contribution in [0.3, 0.4) is 0 Å². The summed E-state index contributed by atoms with van der Waals surface area (Å²) >= 11 is 0. The van der Waals surface area contributed by atoms with Crippen LogP contribution in [0.15, 0.2) is 97.2 Å². The van der Waals surface area contributed by atoms with Gasteiger partial charge in [0, 0.05) is 12.8 Å². The van der Waals surface area contributed by atoms with Crippen LogP contribution in [0.25, 0.3) is 0 Å². The van der Waals surface area contributed by atoms with E-state index < -0.39 is 26.6 Å². The Bertz CT molecular complexity index is 1510. The predicted molar refractivity (Wildman–Crippen MR) is 293 cm³/mol. The number of carbonyl (C=O) groups is 2. The van der Waals surface area contributed by atoms with Gasteiger partial charge in [0.2, 0.25) is 5.91 Å². The topological polar surface area (TPSA) is 114 Å². The molecule has 0 fully saturated rings. The lowest BCUT2D eigenvalue weighted by molar-refractivity contribution is -0.870. The molecule has 10 heteroatoms. The fourth-order valence-corrected chi connectivity index (χ4v) is 7.97. The van der Waals surface area contributed by atoms with Crippen LogP contribution in [0, 0.1) is 0 Å². The zero-order valence-corrected chi connectivity index (χ0v) is 45.9. The number of quaternary nitrogens is 1. The first-order valence-corrected chi connectivity index (χ1v) is 29.0. The number of nitrogens with one attached hydrogen (secondary N) is 1. The number of amides is 1. The number of hydrogen-bond donors (Lipinski definition) is 1. The van der Waals surface area contributed by atoms with Crippen LogP contribution in [-0.4, -0.2) is 69.4 Å². The molecule has 0 saturated heterocycles. The molecular formula is C59H103N2O7P. The molecule has 3 atom stereocenters. The molecule has 0 aliphatic rings. The molecule has 0 heterocycles. The van der Waals surface area contributed by atoms with Gasteiger partial charge >= 0.3 is 5.97 Å². The van der Waals surface area contributed by atoms with Gasteiger partial charge in [0.1, 0.15) is 19.3 Å². The van der Waals surface area contributed by atoms with Crippen LogP contribution < -0.4 is 10.2 Å². The summed E-state index contributed by atoms with van der Waals surface area (Å²) < 4.78 is 30.1. The second-order valence-corrected chi connectivity index (χ2v) is 20.8. The van der Waals surface area contributed by atoms with Crippen molar-refractivity contribution in [1.82, 2.24) is 5.32 Å². The molecule has 0 bridgehead atoms. The highest BCUT2D eigenvalue weighted by atomic mass is 31.2. The number of allylic oxidation sites excluding steroid dienone is 15. The Kier molecular flexibility index (Phi) is 46.4. The molecule has 0 aromatic rings. The molecule has 9 nitrogen and oxygen atoms in total.